The molecule has 3 aromatic carbocycles. The topological polar surface area (TPSA) is 131 Å². The van der Waals surface area contributed by atoms with Crippen LogP contribution in [-0.2, 0) is 22.5 Å². The predicted molar refractivity (Wildman–Crippen MR) is 142 cm³/mol. The summed E-state index contributed by atoms with van der Waals surface area (Å²) < 4.78 is 10.9. The molecule has 0 aromatic heterocycles. The number of carboxylic acid groups (broad SMARTS) is 1. The van der Waals surface area contributed by atoms with Gasteiger partial charge in [0, 0.05) is 42.2 Å². The van der Waals surface area contributed by atoms with Gasteiger partial charge in [0.05, 0.1) is 22.1 Å². The van der Waals surface area contributed by atoms with Crippen molar-refractivity contribution in [3.63, 3.8) is 0 Å². The molecule has 3 aromatic rings. The number of hydrogen-bond donors (Lipinski definition) is 2. The smallest absolute Gasteiger partial charge is 0.329 e. The lowest BCUT2D eigenvalue weighted by Gasteiger charge is -2.32. The zero-order valence-electron chi connectivity index (χ0n) is 20.4. The predicted octanol–water partition coefficient (Wildman–Crippen LogP) is 4.93. The van der Waals surface area contributed by atoms with E-state index in [-0.39, 0.29) is 36.1 Å². The summed E-state index contributed by atoms with van der Waals surface area (Å²) in [6.07, 6.45) is 1.76. The van der Waals surface area contributed by atoms with Crippen molar-refractivity contribution in [3.8, 4) is 5.75 Å². The zero-order chi connectivity index (χ0) is 27.1. The van der Waals surface area contributed by atoms with E-state index >= 15 is 0 Å². The average molecular weight is 540 g/mol. The van der Waals surface area contributed by atoms with E-state index in [9.17, 15) is 19.7 Å². The lowest BCUT2D eigenvalue weighted by Crippen LogP contribution is -2.29. The van der Waals surface area contributed by atoms with E-state index in [0.29, 0.717) is 18.0 Å². The highest BCUT2D eigenvalue weighted by molar-refractivity contribution is 6.34. The molecule has 1 heterocycles. The number of carbonyl (C=O) groups is 2. The number of nitro benzene ring substituents is 1. The Bertz CT molecular complexity index is 1350. The second-order valence-corrected chi connectivity index (χ2v) is 9.05. The molecule has 1 aliphatic heterocycles. The number of nitro groups is 1. The molecule has 0 radical (unpaired) electrons. The molecule has 198 valence electrons. The van der Waals surface area contributed by atoms with Gasteiger partial charge >= 0.3 is 5.97 Å². The molecule has 2 N–H and O–H groups in total. The number of fused-ring (bicyclic) bond motifs is 1. The van der Waals surface area contributed by atoms with E-state index in [1.54, 1.807) is 6.07 Å². The number of hydrogen-bond acceptors (Lipinski definition) is 7. The largest absolute Gasteiger partial charge is 0.491 e. The van der Waals surface area contributed by atoms with Crippen LogP contribution in [0.25, 0.3) is 0 Å². The standard InChI is InChI=1S/C27H26ClN3O7/c28-23-9-8-21(31(35)36)15-22(23)27(34)29-20-7-10-24-18(14-20)5-3-11-30(24)16-19-4-1-2-6-25(19)38-13-12-37-17-26(32)33/h1-2,4,6-10,14-15H,3,5,11-13,16-17H2,(H,29,34)(H,32,33). The quantitative estimate of drug-likeness (QED) is 0.199. The second kappa shape index (κ2) is 12.4. The van der Waals surface area contributed by atoms with Gasteiger partial charge in [0.2, 0.25) is 0 Å². The van der Waals surface area contributed by atoms with Gasteiger partial charge in [0.25, 0.3) is 11.6 Å². The molecule has 0 bridgehead atoms. The van der Waals surface area contributed by atoms with Crippen molar-refractivity contribution >= 4 is 40.5 Å². The van der Waals surface area contributed by atoms with Gasteiger partial charge in [-0.25, -0.2) is 4.79 Å². The molecule has 0 unspecified atom stereocenters. The molecular weight excluding hydrogens is 514 g/mol. The molecule has 0 saturated heterocycles. The molecular formula is C27H26ClN3O7. The number of para-hydroxylation sites is 1. The lowest BCUT2D eigenvalue weighted by molar-refractivity contribution is -0.384. The van der Waals surface area contributed by atoms with Gasteiger partial charge in [-0.05, 0) is 48.7 Å². The molecule has 0 spiro atoms. The Morgan fingerprint density at radius 1 is 1.11 bits per heavy atom. The maximum absolute atomic E-state index is 12.8. The van der Waals surface area contributed by atoms with Crippen LogP contribution in [0.4, 0.5) is 17.1 Å². The Morgan fingerprint density at radius 3 is 2.71 bits per heavy atom. The van der Waals surface area contributed by atoms with Crippen LogP contribution in [-0.4, -0.2) is 48.3 Å². The van der Waals surface area contributed by atoms with Gasteiger partial charge in [-0.15, -0.1) is 0 Å². The Hall–Kier alpha value is -4.15. The van der Waals surface area contributed by atoms with Gasteiger partial charge in [-0.2, -0.15) is 0 Å². The van der Waals surface area contributed by atoms with Crippen LogP contribution in [0.5, 0.6) is 5.75 Å². The fraction of sp³-hybridized carbons (Fsp3) is 0.259. The number of ether oxygens (including phenoxy) is 2. The zero-order valence-corrected chi connectivity index (χ0v) is 21.1. The molecule has 38 heavy (non-hydrogen) atoms. The maximum atomic E-state index is 12.8. The monoisotopic (exact) mass is 539 g/mol. The average Bonchev–Trinajstić information content (AvgIpc) is 2.89. The molecule has 1 amide bonds. The number of halogens is 1. The van der Waals surface area contributed by atoms with E-state index in [4.69, 9.17) is 26.2 Å². The number of carboxylic acids is 1. The van der Waals surface area contributed by atoms with Crippen LogP contribution in [0.15, 0.2) is 60.7 Å². The first kappa shape index (κ1) is 26.9. The van der Waals surface area contributed by atoms with Crippen LogP contribution in [0, 0.1) is 10.1 Å². The minimum Gasteiger partial charge on any atom is -0.491 e. The van der Waals surface area contributed by atoms with E-state index in [2.05, 4.69) is 10.2 Å². The minimum atomic E-state index is -1.02. The SMILES string of the molecule is O=C(O)COCCOc1ccccc1CN1CCCc2cc(NC(=O)c3cc([N+](=O)[O-])ccc3Cl)ccc21. The molecule has 10 nitrogen and oxygen atoms in total. The van der Waals surface area contributed by atoms with Crippen molar-refractivity contribution in [2.75, 3.05) is 36.6 Å². The van der Waals surface area contributed by atoms with Crippen molar-refractivity contribution in [2.45, 2.75) is 19.4 Å². The molecule has 0 aliphatic carbocycles. The number of rotatable bonds is 11. The van der Waals surface area contributed by atoms with Gasteiger partial charge in [-0.3, -0.25) is 14.9 Å². The van der Waals surface area contributed by atoms with Crippen molar-refractivity contribution in [1.29, 1.82) is 0 Å². The number of aryl methyl sites for hydroxylation is 1. The van der Waals surface area contributed by atoms with E-state index in [1.165, 1.54) is 12.1 Å². The Labute approximate surface area is 223 Å². The second-order valence-electron chi connectivity index (χ2n) is 8.65. The van der Waals surface area contributed by atoms with E-state index in [0.717, 1.165) is 42.3 Å². The normalized spacial score (nSPS) is 12.5. The lowest BCUT2D eigenvalue weighted by atomic mass is 10.00. The Kier molecular flexibility index (Phi) is 8.77. The number of aliphatic carboxylic acids is 1. The van der Waals surface area contributed by atoms with Crippen molar-refractivity contribution < 1.29 is 29.1 Å². The molecule has 11 heteroatoms. The molecule has 1 aliphatic rings. The summed E-state index contributed by atoms with van der Waals surface area (Å²) in [5.74, 6) is -0.842. The highest BCUT2D eigenvalue weighted by atomic mass is 35.5. The fourth-order valence-electron chi connectivity index (χ4n) is 4.27. The third kappa shape index (κ3) is 6.78. The van der Waals surface area contributed by atoms with E-state index < -0.39 is 16.8 Å². The van der Waals surface area contributed by atoms with Crippen LogP contribution in [0.2, 0.25) is 5.02 Å². The maximum Gasteiger partial charge on any atom is 0.329 e. The van der Waals surface area contributed by atoms with Crippen LogP contribution in [0.1, 0.15) is 27.9 Å². The number of nitrogens with zero attached hydrogens (tertiary/aromatic N) is 2. The summed E-state index contributed by atoms with van der Waals surface area (Å²) in [4.78, 5) is 36.1. The number of nitrogens with one attached hydrogen (secondary N) is 1. The van der Waals surface area contributed by atoms with Gasteiger partial charge < -0.3 is 24.8 Å². The number of amides is 1. The Balaban J connectivity index is 1.44. The molecule has 0 atom stereocenters. The summed E-state index contributed by atoms with van der Waals surface area (Å²) in [7, 11) is 0. The first-order valence-electron chi connectivity index (χ1n) is 11.9. The highest BCUT2D eigenvalue weighted by Gasteiger charge is 2.21. The van der Waals surface area contributed by atoms with Crippen LogP contribution >= 0.6 is 11.6 Å². The van der Waals surface area contributed by atoms with Gasteiger partial charge in [0.1, 0.15) is 19.0 Å². The third-order valence-corrected chi connectivity index (χ3v) is 6.33. The van der Waals surface area contributed by atoms with Crippen molar-refractivity contribution in [3.05, 3.63) is 92.5 Å². The van der Waals surface area contributed by atoms with Crippen LogP contribution < -0.4 is 15.0 Å². The van der Waals surface area contributed by atoms with Crippen molar-refractivity contribution in [2.24, 2.45) is 0 Å². The summed E-state index contributed by atoms with van der Waals surface area (Å²) in [5.41, 5.74) is 3.49. The van der Waals surface area contributed by atoms with E-state index in [1.807, 2.05) is 36.4 Å². The molecule has 0 fully saturated rings. The number of benzene rings is 3. The summed E-state index contributed by atoms with van der Waals surface area (Å²) >= 11 is 6.12. The first-order chi connectivity index (χ1) is 18.3. The number of non-ortho nitro benzene ring substituents is 1. The molecule has 4 rings (SSSR count). The minimum absolute atomic E-state index is 0.0326. The molecule has 0 saturated carbocycles. The summed E-state index contributed by atoms with van der Waals surface area (Å²) in [5, 5.41) is 22.7. The Morgan fingerprint density at radius 2 is 1.92 bits per heavy atom. The van der Waals surface area contributed by atoms with Gasteiger partial charge in [0.15, 0.2) is 0 Å². The number of anilines is 2. The van der Waals surface area contributed by atoms with Crippen LogP contribution in [0.3, 0.4) is 0 Å². The highest BCUT2D eigenvalue weighted by Crippen LogP contribution is 2.33. The van der Waals surface area contributed by atoms with Crippen molar-refractivity contribution in [1.82, 2.24) is 0 Å². The van der Waals surface area contributed by atoms with Gasteiger partial charge in [-0.1, -0.05) is 29.8 Å². The first-order valence-corrected chi connectivity index (χ1v) is 12.3. The third-order valence-electron chi connectivity index (χ3n) is 6.00. The number of carbonyl (C=O) groups excluding carboxylic acids is 1. The summed E-state index contributed by atoms with van der Waals surface area (Å²) in [6, 6.07) is 17.1. The fourth-order valence-corrected chi connectivity index (χ4v) is 4.47. The summed E-state index contributed by atoms with van der Waals surface area (Å²) in [6.45, 7) is 1.49.